The van der Waals surface area contributed by atoms with Crippen LogP contribution in [-0.4, -0.2) is 125 Å². The molecule has 1 aliphatic heterocycles. The number of nitrogens with one attached hydrogen (secondary N) is 3. The third kappa shape index (κ3) is 16.6. The van der Waals surface area contributed by atoms with Gasteiger partial charge in [-0.15, -0.1) is 0 Å². The van der Waals surface area contributed by atoms with Gasteiger partial charge in [-0.25, -0.2) is 0 Å². The number of benzene rings is 1. The van der Waals surface area contributed by atoms with Crippen LogP contribution in [0.25, 0.3) is 0 Å². The third-order valence-corrected chi connectivity index (χ3v) is 6.02. The van der Waals surface area contributed by atoms with Crippen molar-refractivity contribution in [2.45, 2.75) is 26.2 Å². The molecule has 0 fully saturated rings. The van der Waals surface area contributed by atoms with Crippen LogP contribution in [0.3, 0.4) is 0 Å². The molecule has 0 bridgehead atoms. The van der Waals surface area contributed by atoms with E-state index in [4.69, 9.17) is 23.7 Å². The van der Waals surface area contributed by atoms with Crippen LogP contribution in [0.5, 0.6) is 11.5 Å². The first-order valence-corrected chi connectivity index (χ1v) is 14.9. The summed E-state index contributed by atoms with van der Waals surface area (Å²) < 4.78 is 27.2. The van der Waals surface area contributed by atoms with E-state index in [1.807, 2.05) is 0 Å². The van der Waals surface area contributed by atoms with E-state index in [-0.39, 0.29) is 49.5 Å². The predicted molar refractivity (Wildman–Crippen MR) is 161 cm³/mol. The molecule has 15 nitrogen and oxygen atoms in total. The molecule has 0 atom stereocenters. The molecule has 0 aromatic heterocycles. The lowest BCUT2D eigenvalue weighted by Crippen LogP contribution is -2.35. The topological polar surface area (TPSA) is 191 Å². The minimum atomic E-state index is -0.409. The van der Waals surface area contributed by atoms with Crippen molar-refractivity contribution < 1.29 is 52.8 Å². The molecule has 0 aliphatic carbocycles. The van der Waals surface area contributed by atoms with Crippen molar-refractivity contribution in [3.8, 4) is 11.5 Å². The molecule has 250 valence electrons. The monoisotopic (exact) mass is 636 g/mol. The number of carbonyl (C=O) groups excluding carboxylic acids is 5. The van der Waals surface area contributed by atoms with Crippen LogP contribution in [0, 0.1) is 0 Å². The second kappa shape index (κ2) is 22.5. The third-order valence-electron chi connectivity index (χ3n) is 6.02. The van der Waals surface area contributed by atoms with E-state index >= 15 is 0 Å². The van der Waals surface area contributed by atoms with Gasteiger partial charge in [0.05, 0.1) is 59.5 Å². The van der Waals surface area contributed by atoms with Gasteiger partial charge in [-0.1, -0.05) is 0 Å². The molecule has 4 N–H and O–H groups in total. The highest BCUT2D eigenvalue weighted by atomic mass is 16.6. The Kier molecular flexibility index (Phi) is 18.5. The van der Waals surface area contributed by atoms with E-state index in [9.17, 15) is 29.1 Å². The number of nitrogens with zero attached hydrogens (tertiary/aromatic N) is 1. The molecule has 0 saturated heterocycles. The summed E-state index contributed by atoms with van der Waals surface area (Å²) in [4.78, 5) is 59.5. The van der Waals surface area contributed by atoms with Gasteiger partial charge in [0.25, 0.3) is 17.7 Å². The van der Waals surface area contributed by atoms with Crippen molar-refractivity contribution in [1.29, 1.82) is 0 Å². The summed E-state index contributed by atoms with van der Waals surface area (Å²) in [5.41, 5.74) is 0.309. The van der Waals surface area contributed by atoms with Crippen molar-refractivity contribution >= 4 is 29.5 Å². The Balaban J connectivity index is 1.32. The first-order chi connectivity index (χ1) is 21.8. The fourth-order valence-corrected chi connectivity index (χ4v) is 3.78. The Labute approximate surface area is 262 Å². The van der Waals surface area contributed by atoms with E-state index in [1.54, 1.807) is 13.0 Å². The molecule has 2 rings (SSSR count). The van der Waals surface area contributed by atoms with Gasteiger partial charge in [-0.05, 0) is 25.5 Å². The first-order valence-electron chi connectivity index (χ1n) is 14.9. The number of amides is 5. The van der Waals surface area contributed by atoms with Crippen LogP contribution in [0.15, 0.2) is 30.4 Å². The van der Waals surface area contributed by atoms with Crippen molar-refractivity contribution in [3.63, 3.8) is 0 Å². The molecule has 0 radical (unpaired) electrons. The van der Waals surface area contributed by atoms with Gasteiger partial charge in [0.2, 0.25) is 11.8 Å². The zero-order chi connectivity index (χ0) is 32.7. The van der Waals surface area contributed by atoms with E-state index in [0.29, 0.717) is 90.2 Å². The molecule has 1 aromatic carbocycles. The number of rotatable bonds is 25. The number of ether oxygens (including phenoxy) is 5. The maximum Gasteiger partial charge on any atom is 0.253 e. The second-order valence-corrected chi connectivity index (χ2v) is 9.59. The second-order valence-electron chi connectivity index (χ2n) is 9.59. The molecule has 0 unspecified atom stereocenters. The standard InChI is InChI=1S/C30H44N4O11/c1-2-31-30(40)23-20-24(35)22-25(21-23)45-11-3-8-32-27(37)7-12-41-14-16-43-18-19-44-17-15-42-13-9-33-26(36)6-10-34-28(38)4-5-29(34)39/h4-5,20-22,35H,2-3,6-19H2,1H3,(H,31,40)(H,32,37)(H,33,36). The summed E-state index contributed by atoms with van der Waals surface area (Å²) in [5.74, 6) is -1.22. The van der Waals surface area contributed by atoms with Gasteiger partial charge < -0.3 is 44.7 Å². The van der Waals surface area contributed by atoms with E-state index in [0.717, 1.165) is 4.90 Å². The van der Waals surface area contributed by atoms with Gasteiger partial charge in [0.1, 0.15) is 11.5 Å². The van der Waals surface area contributed by atoms with Gasteiger partial charge in [-0.2, -0.15) is 0 Å². The van der Waals surface area contributed by atoms with Crippen LogP contribution in [0.2, 0.25) is 0 Å². The molecule has 0 spiro atoms. The Morgan fingerprint density at radius 1 is 0.711 bits per heavy atom. The lowest BCUT2D eigenvalue weighted by molar-refractivity contribution is -0.137. The van der Waals surface area contributed by atoms with Gasteiger partial charge >= 0.3 is 0 Å². The highest BCUT2D eigenvalue weighted by Crippen LogP contribution is 2.22. The molecular formula is C30H44N4O11. The van der Waals surface area contributed by atoms with Crippen molar-refractivity contribution in [3.05, 3.63) is 35.9 Å². The Morgan fingerprint density at radius 2 is 1.29 bits per heavy atom. The Hall–Kier alpha value is -4.05. The molecule has 0 saturated carbocycles. The summed E-state index contributed by atoms with van der Waals surface area (Å²) in [7, 11) is 0. The molecular weight excluding hydrogens is 592 g/mol. The predicted octanol–water partition coefficient (Wildman–Crippen LogP) is -0.0852. The minimum absolute atomic E-state index is 0.0361. The molecule has 5 amide bonds. The summed E-state index contributed by atoms with van der Waals surface area (Å²) >= 11 is 0. The summed E-state index contributed by atoms with van der Waals surface area (Å²) in [5, 5.41) is 17.9. The molecule has 45 heavy (non-hydrogen) atoms. The zero-order valence-electron chi connectivity index (χ0n) is 25.7. The number of hydrogen-bond donors (Lipinski definition) is 4. The fraction of sp³-hybridized carbons (Fsp3) is 0.567. The Morgan fingerprint density at radius 3 is 1.93 bits per heavy atom. The number of aromatic hydroxyl groups is 1. The molecule has 1 heterocycles. The number of hydrogen-bond acceptors (Lipinski definition) is 11. The average Bonchev–Trinajstić information content (AvgIpc) is 3.33. The smallest absolute Gasteiger partial charge is 0.253 e. The maximum atomic E-state index is 11.9. The van der Waals surface area contributed by atoms with Gasteiger partial charge in [0, 0.05) is 62.8 Å². The average molecular weight is 637 g/mol. The lowest BCUT2D eigenvalue weighted by Gasteiger charge is -2.13. The number of imide groups is 1. The van der Waals surface area contributed by atoms with E-state index in [1.165, 1.54) is 24.3 Å². The highest BCUT2D eigenvalue weighted by molar-refractivity contribution is 6.13. The summed E-state index contributed by atoms with van der Waals surface area (Å²) in [6.07, 6.45) is 3.16. The van der Waals surface area contributed by atoms with Crippen molar-refractivity contribution in [2.24, 2.45) is 0 Å². The largest absolute Gasteiger partial charge is 0.508 e. The number of phenolic OH excluding ortho intramolecular Hbond substituents is 1. The quantitative estimate of drug-likeness (QED) is 0.0829. The molecule has 15 heteroatoms. The number of carbonyl (C=O) groups is 5. The Bertz CT molecular complexity index is 1110. The van der Waals surface area contributed by atoms with Crippen molar-refractivity contribution in [1.82, 2.24) is 20.9 Å². The molecule has 1 aliphatic rings. The zero-order valence-corrected chi connectivity index (χ0v) is 25.7. The summed E-state index contributed by atoms with van der Waals surface area (Å²) in [6.45, 7) is 6.13. The SMILES string of the molecule is CCNC(=O)c1cc(O)cc(OCCCNC(=O)CCOCCOCCOCCOCCNC(=O)CCN2C(=O)C=CC2=O)c1. The van der Waals surface area contributed by atoms with Crippen LogP contribution in [0.1, 0.15) is 36.5 Å². The molecule has 1 aromatic rings. The maximum absolute atomic E-state index is 11.9. The summed E-state index contributed by atoms with van der Waals surface area (Å²) in [6, 6.07) is 4.34. The van der Waals surface area contributed by atoms with Crippen LogP contribution >= 0.6 is 0 Å². The van der Waals surface area contributed by atoms with Crippen LogP contribution in [0.4, 0.5) is 0 Å². The van der Waals surface area contributed by atoms with Crippen LogP contribution in [-0.2, 0) is 38.1 Å². The highest BCUT2D eigenvalue weighted by Gasteiger charge is 2.23. The van der Waals surface area contributed by atoms with Crippen molar-refractivity contribution in [2.75, 3.05) is 85.6 Å². The number of phenols is 1. The lowest BCUT2D eigenvalue weighted by atomic mass is 10.2. The van der Waals surface area contributed by atoms with E-state index in [2.05, 4.69) is 16.0 Å². The minimum Gasteiger partial charge on any atom is -0.508 e. The fourth-order valence-electron chi connectivity index (χ4n) is 3.78. The van der Waals surface area contributed by atoms with E-state index < -0.39 is 11.8 Å². The van der Waals surface area contributed by atoms with Gasteiger partial charge in [-0.3, -0.25) is 28.9 Å². The first kappa shape index (κ1) is 37.1. The van der Waals surface area contributed by atoms with Crippen LogP contribution < -0.4 is 20.7 Å². The normalized spacial score (nSPS) is 12.4. The van der Waals surface area contributed by atoms with Gasteiger partial charge in [0.15, 0.2) is 0 Å².